The van der Waals surface area contributed by atoms with Crippen molar-refractivity contribution in [2.75, 3.05) is 26.0 Å². The summed E-state index contributed by atoms with van der Waals surface area (Å²) in [4.78, 5) is 12.9. The molecule has 0 bridgehead atoms. The van der Waals surface area contributed by atoms with Crippen LogP contribution in [0.25, 0.3) is 0 Å². The lowest BCUT2D eigenvalue weighted by Gasteiger charge is -2.12. The van der Waals surface area contributed by atoms with E-state index < -0.39 is 0 Å². The van der Waals surface area contributed by atoms with E-state index in [1.54, 1.807) is 19.0 Å². The van der Waals surface area contributed by atoms with Gasteiger partial charge in [0, 0.05) is 42.2 Å². The summed E-state index contributed by atoms with van der Waals surface area (Å²) in [5.74, 6) is 0.102. The van der Waals surface area contributed by atoms with Crippen molar-refractivity contribution < 1.29 is 4.79 Å². The summed E-state index contributed by atoms with van der Waals surface area (Å²) in [6.45, 7) is 0.593. The van der Waals surface area contributed by atoms with Crippen LogP contribution >= 0.6 is 27.5 Å². The van der Waals surface area contributed by atoms with E-state index in [9.17, 15) is 4.79 Å². The van der Waals surface area contributed by atoms with Gasteiger partial charge >= 0.3 is 0 Å². The number of hydrogen-bond acceptors (Lipinski definition) is 2. The van der Waals surface area contributed by atoms with E-state index in [-0.39, 0.29) is 5.91 Å². The molecule has 0 saturated carbocycles. The number of anilines is 1. The number of rotatable bonds is 4. The van der Waals surface area contributed by atoms with Crippen molar-refractivity contribution in [1.29, 1.82) is 0 Å². The fourth-order valence-electron chi connectivity index (χ4n) is 1.16. The van der Waals surface area contributed by atoms with Crippen molar-refractivity contribution in [3.63, 3.8) is 0 Å². The zero-order chi connectivity index (χ0) is 12.1. The third kappa shape index (κ3) is 4.02. The minimum absolute atomic E-state index is 0.102. The first-order chi connectivity index (χ1) is 7.50. The fourth-order valence-corrected chi connectivity index (χ4v) is 1.72. The van der Waals surface area contributed by atoms with E-state index in [0.717, 1.165) is 10.2 Å². The molecule has 0 aliphatic heterocycles. The second kappa shape index (κ2) is 6.11. The molecule has 1 aromatic rings. The van der Waals surface area contributed by atoms with Crippen LogP contribution in [0, 0.1) is 0 Å². The molecule has 0 unspecified atom stereocenters. The molecule has 0 fully saturated rings. The molecular weight excluding hydrogens is 291 g/mol. The summed E-state index contributed by atoms with van der Waals surface area (Å²) < 4.78 is 0.939. The maximum Gasteiger partial charge on any atom is 0.223 e. The molecule has 88 valence electrons. The largest absolute Gasteiger partial charge is 0.384 e. The van der Waals surface area contributed by atoms with Crippen molar-refractivity contribution in [3.8, 4) is 0 Å². The first kappa shape index (κ1) is 13.3. The monoisotopic (exact) mass is 304 g/mol. The Morgan fingerprint density at radius 1 is 1.50 bits per heavy atom. The molecule has 0 aliphatic rings. The second-order valence-corrected chi connectivity index (χ2v) is 4.88. The van der Waals surface area contributed by atoms with Gasteiger partial charge in [0.05, 0.1) is 0 Å². The molecule has 0 heterocycles. The fraction of sp³-hybridized carbons (Fsp3) is 0.364. The topological polar surface area (TPSA) is 32.3 Å². The van der Waals surface area contributed by atoms with E-state index in [1.165, 1.54) is 0 Å². The number of hydrogen-bond donors (Lipinski definition) is 1. The Kier molecular flexibility index (Phi) is 5.09. The standard InChI is InChI=1S/C11H14BrClN2O/c1-15(2)11(16)5-6-14-10-7-8(13)3-4-9(10)12/h3-4,7,14H,5-6H2,1-2H3. The minimum atomic E-state index is 0.102. The molecule has 5 heteroatoms. The lowest BCUT2D eigenvalue weighted by molar-refractivity contribution is -0.128. The van der Waals surface area contributed by atoms with E-state index in [2.05, 4.69) is 21.2 Å². The second-order valence-electron chi connectivity index (χ2n) is 3.59. The molecule has 0 spiro atoms. The SMILES string of the molecule is CN(C)C(=O)CCNc1cc(Cl)ccc1Br. The van der Waals surface area contributed by atoms with Crippen molar-refractivity contribution in [3.05, 3.63) is 27.7 Å². The van der Waals surface area contributed by atoms with Gasteiger partial charge in [-0.3, -0.25) is 4.79 Å². The van der Waals surface area contributed by atoms with Crippen LogP contribution in [0.3, 0.4) is 0 Å². The van der Waals surface area contributed by atoms with Crippen LogP contribution in [0.1, 0.15) is 6.42 Å². The van der Waals surface area contributed by atoms with Crippen molar-refractivity contribution in [1.82, 2.24) is 4.90 Å². The summed E-state index contributed by atoms with van der Waals surface area (Å²) in [7, 11) is 3.50. The van der Waals surface area contributed by atoms with Gasteiger partial charge in [0.25, 0.3) is 0 Å². The van der Waals surface area contributed by atoms with Crippen molar-refractivity contribution in [2.24, 2.45) is 0 Å². The Morgan fingerprint density at radius 2 is 2.19 bits per heavy atom. The number of carbonyl (C=O) groups is 1. The first-order valence-corrected chi connectivity index (χ1v) is 6.07. The molecule has 0 atom stereocenters. The molecule has 16 heavy (non-hydrogen) atoms. The van der Waals surface area contributed by atoms with E-state index >= 15 is 0 Å². The zero-order valence-corrected chi connectivity index (χ0v) is 11.6. The molecule has 1 rings (SSSR count). The van der Waals surface area contributed by atoms with Gasteiger partial charge in [-0.2, -0.15) is 0 Å². The summed E-state index contributed by atoms with van der Waals surface area (Å²) in [5, 5.41) is 3.83. The highest BCUT2D eigenvalue weighted by Crippen LogP contribution is 2.25. The molecule has 3 nitrogen and oxygen atoms in total. The lowest BCUT2D eigenvalue weighted by atomic mass is 10.3. The minimum Gasteiger partial charge on any atom is -0.384 e. The van der Waals surface area contributed by atoms with Gasteiger partial charge in [0.2, 0.25) is 5.91 Å². The number of amides is 1. The lowest BCUT2D eigenvalue weighted by Crippen LogP contribution is -2.23. The van der Waals surface area contributed by atoms with Gasteiger partial charge in [0.15, 0.2) is 0 Å². The third-order valence-corrected chi connectivity index (χ3v) is 3.01. The Balaban J connectivity index is 2.49. The molecule has 1 N–H and O–H groups in total. The molecular formula is C11H14BrClN2O. The van der Waals surface area contributed by atoms with E-state index in [1.807, 2.05) is 18.2 Å². The summed E-state index contributed by atoms with van der Waals surface area (Å²) in [5.41, 5.74) is 0.902. The van der Waals surface area contributed by atoms with E-state index in [4.69, 9.17) is 11.6 Å². The molecule has 0 radical (unpaired) electrons. The normalized spacial score (nSPS) is 10.0. The highest BCUT2D eigenvalue weighted by atomic mass is 79.9. The van der Waals surface area contributed by atoms with Gasteiger partial charge in [-0.05, 0) is 34.1 Å². The third-order valence-electron chi connectivity index (χ3n) is 2.08. The molecule has 0 aliphatic carbocycles. The van der Waals surface area contributed by atoms with Crippen LogP contribution in [-0.2, 0) is 4.79 Å². The Hall–Kier alpha value is -0.740. The predicted octanol–water partition coefficient (Wildman–Crippen LogP) is 2.99. The van der Waals surface area contributed by atoms with Gasteiger partial charge in [-0.25, -0.2) is 0 Å². The van der Waals surface area contributed by atoms with Crippen LogP contribution in [0.4, 0.5) is 5.69 Å². The molecule has 1 amide bonds. The average molecular weight is 306 g/mol. The summed E-state index contributed by atoms with van der Waals surface area (Å²) >= 11 is 9.28. The van der Waals surface area contributed by atoms with E-state index in [0.29, 0.717) is 18.0 Å². The molecule has 0 aromatic heterocycles. The van der Waals surface area contributed by atoms with Crippen LogP contribution in [0.5, 0.6) is 0 Å². The number of benzene rings is 1. The van der Waals surface area contributed by atoms with Gasteiger partial charge in [-0.1, -0.05) is 11.6 Å². The number of carbonyl (C=O) groups excluding carboxylic acids is 1. The van der Waals surface area contributed by atoms with Crippen LogP contribution in [0.2, 0.25) is 5.02 Å². The van der Waals surface area contributed by atoms with Gasteiger partial charge in [-0.15, -0.1) is 0 Å². The Morgan fingerprint density at radius 3 is 2.81 bits per heavy atom. The maximum absolute atomic E-state index is 11.3. The smallest absolute Gasteiger partial charge is 0.223 e. The quantitative estimate of drug-likeness (QED) is 0.927. The molecule has 1 aromatic carbocycles. The maximum atomic E-state index is 11.3. The van der Waals surface area contributed by atoms with Crippen molar-refractivity contribution >= 4 is 39.1 Å². The van der Waals surface area contributed by atoms with Gasteiger partial charge < -0.3 is 10.2 Å². The zero-order valence-electron chi connectivity index (χ0n) is 9.26. The number of halogens is 2. The van der Waals surface area contributed by atoms with Crippen LogP contribution < -0.4 is 5.32 Å². The Labute approximate surface area is 109 Å². The molecule has 0 saturated heterocycles. The Bertz CT molecular complexity index is 382. The van der Waals surface area contributed by atoms with Gasteiger partial charge in [0.1, 0.15) is 0 Å². The van der Waals surface area contributed by atoms with Crippen molar-refractivity contribution in [2.45, 2.75) is 6.42 Å². The average Bonchev–Trinajstić information content (AvgIpc) is 2.22. The van der Waals surface area contributed by atoms with Crippen LogP contribution in [0.15, 0.2) is 22.7 Å². The first-order valence-electron chi connectivity index (χ1n) is 4.90. The number of nitrogens with one attached hydrogen (secondary N) is 1. The summed E-state index contributed by atoms with van der Waals surface area (Å²) in [6.07, 6.45) is 0.464. The predicted molar refractivity (Wildman–Crippen MR) is 71.0 cm³/mol. The highest BCUT2D eigenvalue weighted by molar-refractivity contribution is 9.10. The number of nitrogens with zero attached hydrogens (tertiary/aromatic N) is 1. The van der Waals surface area contributed by atoms with Crippen LogP contribution in [-0.4, -0.2) is 31.4 Å². The highest BCUT2D eigenvalue weighted by Gasteiger charge is 2.04. The summed E-state index contributed by atoms with van der Waals surface area (Å²) in [6, 6.07) is 5.51.